The fourth-order valence-corrected chi connectivity index (χ4v) is 1.68. The summed E-state index contributed by atoms with van der Waals surface area (Å²) in [5.74, 6) is 2.46. The molecule has 0 aliphatic rings. The van der Waals surface area contributed by atoms with Crippen LogP contribution in [0, 0.1) is 12.3 Å². The summed E-state index contributed by atoms with van der Waals surface area (Å²) in [7, 11) is 0. The van der Waals surface area contributed by atoms with Crippen LogP contribution in [-0.4, -0.2) is 24.9 Å². The van der Waals surface area contributed by atoms with Crippen molar-refractivity contribution in [3.8, 4) is 12.3 Å². The van der Waals surface area contributed by atoms with Crippen molar-refractivity contribution in [2.75, 3.05) is 19.8 Å². The molecule has 2 nitrogen and oxygen atoms in total. The van der Waals surface area contributed by atoms with E-state index in [-0.39, 0.29) is 0 Å². The molecule has 0 rings (SSSR count). The van der Waals surface area contributed by atoms with Gasteiger partial charge in [0.1, 0.15) is 6.61 Å². The van der Waals surface area contributed by atoms with E-state index in [1.165, 1.54) is 44.9 Å². The molecule has 0 aromatic heterocycles. The summed E-state index contributed by atoms with van der Waals surface area (Å²) in [5.41, 5.74) is 0. The van der Waals surface area contributed by atoms with Crippen LogP contribution in [0.1, 0.15) is 57.8 Å². The lowest BCUT2D eigenvalue weighted by Gasteiger charge is -2.02. The Morgan fingerprint density at radius 2 is 1.31 bits per heavy atom. The van der Waals surface area contributed by atoms with Gasteiger partial charge in [0.2, 0.25) is 0 Å². The van der Waals surface area contributed by atoms with Crippen LogP contribution in [-0.2, 0) is 4.74 Å². The Morgan fingerprint density at radius 3 is 1.81 bits per heavy atom. The molecule has 0 aliphatic heterocycles. The van der Waals surface area contributed by atoms with Crippen LogP contribution in [0.3, 0.4) is 0 Å². The molecule has 0 saturated heterocycles. The highest BCUT2D eigenvalue weighted by molar-refractivity contribution is 4.82. The lowest BCUT2D eigenvalue weighted by molar-refractivity contribution is 0.162. The molecular formula is C14H26O2. The number of terminal acetylenes is 1. The first kappa shape index (κ1) is 15.5. The predicted molar refractivity (Wildman–Crippen MR) is 68.3 cm³/mol. The van der Waals surface area contributed by atoms with Crippen molar-refractivity contribution >= 4 is 0 Å². The van der Waals surface area contributed by atoms with Gasteiger partial charge >= 0.3 is 0 Å². The van der Waals surface area contributed by atoms with Gasteiger partial charge in [0.25, 0.3) is 0 Å². The molecule has 0 aromatic carbocycles. The van der Waals surface area contributed by atoms with E-state index < -0.39 is 0 Å². The first-order valence-electron chi connectivity index (χ1n) is 6.54. The lowest BCUT2D eigenvalue weighted by atomic mass is 10.1. The third kappa shape index (κ3) is 13.5. The van der Waals surface area contributed by atoms with Gasteiger partial charge in [-0.05, 0) is 12.8 Å². The maximum absolute atomic E-state index is 8.60. The second-order valence-electron chi connectivity index (χ2n) is 4.16. The van der Waals surface area contributed by atoms with Crippen molar-refractivity contribution in [3.63, 3.8) is 0 Å². The molecule has 0 fully saturated rings. The van der Waals surface area contributed by atoms with E-state index in [1.807, 2.05) is 0 Å². The Labute approximate surface area is 100 Å². The van der Waals surface area contributed by atoms with Crippen LogP contribution in [0.5, 0.6) is 0 Å². The molecule has 1 N–H and O–H groups in total. The normalized spacial score (nSPS) is 10.2. The van der Waals surface area contributed by atoms with E-state index in [2.05, 4.69) is 5.92 Å². The quantitative estimate of drug-likeness (QED) is 0.409. The summed E-state index contributed by atoms with van der Waals surface area (Å²) >= 11 is 0. The highest BCUT2D eigenvalue weighted by atomic mass is 16.5. The van der Waals surface area contributed by atoms with Gasteiger partial charge in [-0.1, -0.05) is 50.9 Å². The van der Waals surface area contributed by atoms with Crippen molar-refractivity contribution in [2.24, 2.45) is 0 Å². The second-order valence-corrected chi connectivity index (χ2v) is 4.16. The summed E-state index contributed by atoms with van der Waals surface area (Å²) in [6.07, 6.45) is 16.1. The van der Waals surface area contributed by atoms with Crippen molar-refractivity contribution in [2.45, 2.75) is 57.8 Å². The molecule has 0 saturated carbocycles. The average Bonchev–Trinajstić information content (AvgIpc) is 2.31. The Morgan fingerprint density at radius 1 is 0.812 bits per heavy atom. The molecule has 0 spiro atoms. The van der Waals surface area contributed by atoms with Gasteiger partial charge in [-0.2, -0.15) is 0 Å². The van der Waals surface area contributed by atoms with Crippen LogP contribution >= 0.6 is 0 Å². The third-order valence-corrected chi connectivity index (χ3v) is 2.63. The van der Waals surface area contributed by atoms with Crippen molar-refractivity contribution in [1.82, 2.24) is 0 Å². The van der Waals surface area contributed by atoms with E-state index in [0.717, 1.165) is 19.4 Å². The zero-order valence-electron chi connectivity index (χ0n) is 10.4. The summed E-state index contributed by atoms with van der Waals surface area (Å²) in [6.45, 7) is 1.60. The zero-order chi connectivity index (χ0) is 11.9. The molecule has 0 aromatic rings. The van der Waals surface area contributed by atoms with Crippen molar-refractivity contribution in [1.29, 1.82) is 0 Å². The largest absolute Gasteiger partial charge is 0.396 e. The smallest absolute Gasteiger partial charge is 0.107 e. The minimum atomic E-state index is 0.345. The predicted octanol–water partition coefficient (Wildman–Crippen LogP) is 3.14. The summed E-state index contributed by atoms with van der Waals surface area (Å²) < 4.78 is 5.20. The SMILES string of the molecule is C#CCOCCCCCCCCCCCO. The second kappa shape index (κ2) is 14.5. The van der Waals surface area contributed by atoms with E-state index in [1.54, 1.807) is 0 Å². The highest BCUT2D eigenvalue weighted by Crippen LogP contribution is 2.09. The Kier molecular flexibility index (Phi) is 14.0. The van der Waals surface area contributed by atoms with E-state index >= 15 is 0 Å². The first-order chi connectivity index (χ1) is 7.91. The fraction of sp³-hybridized carbons (Fsp3) is 0.857. The van der Waals surface area contributed by atoms with E-state index in [4.69, 9.17) is 16.3 Å². The molecule has 0 bridgehead atoms. The molecule has 2 heteroatoms. The first-order valence-corrected chi connectivity index (χ1v) is 6.54. The van der Waals surface area contributed by atoms with Crippen molar-refractivity contribution in [3.05, 3.63) is 0 Å². The van der Waals surface area contributed by atoms with E-state index in [0.29, 0.717) is 13.2 Å². The maximum Gasteiger partial charge on any atom is 0.107 e. The Bertz CT molecular complexity index is 161. The van der Waals surface area contributed by atoms with Crippen LogP contribution in [0.15, 0.2) is 0 Å². The van der Waals surface area contributed by atoms with Crippen LogP contribution in [0.2, 0.25) is 0 Å². The monoisotopic (exact) mass is 226 g/mol. The topological polar surface area (TPSA) is 29.5 Å². The minimum Gasteiger partial charge on any atom is -0.396 e. The third-order valence-electron chi connectivity index (χ3n) is 2.63. The zero-order valence-corrected chi connectivity index (χ0v) is 10.4. The number of hydrogen-bond donors (Lipinski definition) is 1. The minimum absolute atomic E-state index is 0.345. The molecule has 16 heavy (non-hydrogen) atoms. The molecule has 0 unspecified atom stereocenters. The molecule has 0 radical (unpaired) electrons. The number of unbranched alkanes of at least 4 members (excludes halogenated alkanes) is 8. The Hall–Kier alpha value is -0.520. The molecule has 0 atom stereocenters. The van der Waals surface area contributed by atoms with Gasteiger partial charge in [-0.3, -0.25) is 0 Å². The fourth-order valence-electron chi connectivity index (χ4n) is 1.68. The summed E-state index contributed by atoms with van der Waals surface area (Å²) in [5, 5.41) is 8.60. The van der Waals surface area contributed by atoms with E-state index in [9.17, 15) is 0 Å². The average molecular weight is 226 g/mol. The number of rotatable bonds is 12. The van der Waals surface area contributed by atoms with Crippen LogP contribution in [0.25, 0.3) is 0 Å². The van der Waals surface area contributed by atoms with Gasteiger partial charge in [-0.15, -0.1) is 6.42 Å². The molecule has 0 aliphatic carbocycles. The van der Waals surface area contributed by atoms with Gasteiger partial charge < -0.3 is 9.84 Å². The summed E-state index contributed by atoms with van der Waals surface area (Å²) in [6, 6.07) is 0. The van der Waals surface area contributed by atoms with Gasteiger partial charge in [0.15, 0.2) is 0 Å². The van der Waals surface area contributed by atoms with Gasteiger partial charge in [0.05, 0.1) is 0 Å². The highest BCUT2D eigenvalue weighted by Gasteiger charge is 1.92. The molecule has 94 valence electrons. The van der Waals surface area contributed by atoms with Crippen molar-refractivity contribution < 1.29 is 9.84 Å². The lowest BCUT2D eigenvalue weighted by Crippen LogP contribution is -1.94. The molecular weight excluding hydrogens is 200 g/mol. The Balaban J connectivity index is 2.86. The molecule has 0 amide bonds. The maximum atomic E-state index is 8.60. The van der Waals surface area contributed by atoms with Gasteiger partial charge in [-0.25, -0.2) is 0 Å². The number of hydrogen-bond acceptors (Lipinski definition) is 2. The standard InChI is InChI=1S/C14H26O2/c1-2-13-16-14-11-9-7-5-3-4-6-8-10-12-15/h1,15H,3-14H2. The van der Waals surface area contributed by atoms with Gasteiger partial charge in [0, 0.05) is 13.2 Å². The number of aliphatic hydroxyl groups is 1. The number of aliphatic hydroxyl groups excluding tert-OH is 1. The molecule has 0 heterocycles. The van der Waals surface area contributed by atoms with Crippen LogP contribution in [0.4, 0.5) is 0 Å². The summed E-state index contributed by atoms with van der Waals surface area (Å²) in [4.78, 5) is 0. The van der Waals surface area contributed by atoms with Crippen LogP contribution < -0.4 is 0 Å². The number of ether oxygens (including phenoxy) is 1.